The molecule has 0 amide bonds. The Bertz CT molecular complexity index is 298. The molecular weight excluding hydrogens is 126 g/mol. The standard InChI is InChI=1S/C8H9NO/c1-3-9-7(2)5-4-6-8(9)10/h3-6H,1H2,2H3. The van der Waals surface area contributed by atoms with Gasteiger partial charge in [0, 0.05) is 18.0 Å². The molecule has 1 aromatic rings. The first-order chi connectivity index (χ1) is 4.75. The number of aromatic nitrogens is 1. The third-order valence-corrected chi connectivity index (χ3v) is 1.38. The maximum Gasteiger partial charge on any atom is 0.254 e. The van der Waals surface area contributed by atoms with Gasteiger partial charge in [-0.15, -0.1) is 0 Å². The van der Waals surface area contributed by atoms with E-state index in [9.17, 15) is 4.79 Å². The molecule has 0 N–H and O–H groups in total. The molecule has 0 fully saturated rings. The molecule has 0 saturated heterocycles. The summed E-state index contributed by atoms with van der Waals surface area (Å²) in [7, 11) is 0. The van der Waals surface area contributed by atoms with Gasteiger partial charge in [-0.2, -0.15) is 0 Å². The summed E-state index contributed by atoms with van der Waals surface area (Å²) < 4.78 is 1.50. The summed E-state index contributed by atoms with van der Waals surface area (Å²) in [6, 6.07) is 5.11. The number of hydrogen-bond acceptors (Lipinski definition) is 1. The topological polar surface area (TPSA) is 22.0 Å². The number of hydrogen-bond donors (Lipinski definition) is 0. The molecule has 0 aliphatic carbocycles. The lowest BCUT2D eigenvalue weighted by Crippen LogP contribution is -2.14. The average molecular weight is 135 g/mol. The van der Waals surface area contributed by atoms with Gasteiger partial charge >= 0.3 is 0 Å². The Morgan fingerprint density at radius 2 is 2.30 bits per heavy atom. The molecule has 1 heterocycles. The van der Waals surface area contributed by atoms with Crippen molar-refractivity contribution in [3.63, 3.8) is 0 Å². The predicted octanol–water partition coefficient (Wildman–Crippen LogP) is 1.26. The van der Waals surface area contributed by atoms with Crippen LogP contribution < -0.4 is 5.56 Å². The number of pyridine rings is 1. The van der Waals surface area contributed by atoms with Crippen molar-refractivity contribution in [1.29, 1.82) is 0 Å². The number of aryl methyl sites for hydroxylation is 1. The van der Waals surface area contributed by atoms with Gasteiger partial charge in [-0.1, -0.05) is 12.6 Å². The first-order valence-electron chi connectivity index (χ1n) is 3.06. The van der Waals surface area contributed by atoms with Crippen molar-refractivity contribution in [2.45, 2.75) is 6.92 Å². The van der Waals surface area contributed by atoms with Crippen molar-refractivity contribution in [2.24, 2.45) is 0 Å². The monoisotopic (exact) mass is 135 g/mol. The quantitative estimate of drug-likeness (QED) is 0.568. The Balaban J connectivity index is 3.45. The molecule has 2 nitrogen and oxygen atoms in total. The van der Waals surface area contributed by atoms with Gasteiger partial charge in [0.15, 0.2) is 0 Å². The summed E-state index contributed by atoms with van der Waals surface area (Å²) in [6.07, 6.45) is 1.51. The van der Waals surface area contributed by atoms with Gasteiger partial charge in [0.2, 0.25) is 0 Å². The molecule has 1 rings (SSSR count). The van der Waals surface area contributed by atoms with E-state index in [4.69, 9.17) is 0 Å². The van der Waals surface area contributed by atoms with E-state index in [0.29, 0.717) is 0 Å². The Hall–Kier alpha value is -1.31. The van der Waals surface area contributed by atoms with E-state index in [1.54, 1.807) is 6.07 Å². The first kappa shape index (κ1) is 6.81. The number of rotatable bonds is 1. The van der Waals surface area contributed by atoms with Crippen molar-refractivity contribution in [3.05, 3.63) is 40.8 Å². The molecule has 0 saturated carbocycles. The largest absolute Gasteiger partial charge is 0.289 e. The van der Waals surface area contributed by atoms with Crippen LogP contribution in [-0.4, -0.2) is 4.57 Å². The van der Waals surface area contributed by atoms with Crippen molar-refractivity contribution < 1.29 is 0 Å². The number of nitrogens with zero attached hydrogens (tertiary/aromatic N) is 1. The van der Waals surface area contributed by atoms with E-state index < -0.39 is 0 Å². The van der Waals surface area contributed by atoms with Gasteiger partial charge in [0.25, 0.3) is 5.56 Å². The van der Waals surface area contributed by atoms with Crippen LogP contribution in [0.25, 0.3) is 6.20 Å². The summed E-state index contributed by atoms with van der Waals surface area (Å²) >= 11 is 0. The second kappa shape index (κ2) is 2.52. The van der Waals surface area contributed by atoms with E-state index in [-0.39, 0.29) is 5.56 Å². The highest BCUT2D eigenvalue weighted by atomic mass is 16.1. The fourth-order valence-corrected chi connectivity index (χ4v) is 0.838. The molecule has 0 aliphatic rings. The zero-order chi connectivity index (χ0) is 7.56. The Labute approximate surface area is 59.4 Å². The van der Waals surface area contributed by atoms with Crippen LogP contribution in [0.4, 0.5) is 0 Å². The van der Waals surface area contributed by atoms with Crippen LogP contribution in [0, 0.1) is 6.92 Å². The lowest BCUT2D eigenvalue weighted by molar-refractivity contribution is 0.994. The second-order valence-electron chi connectivity index (χ2n) is 2.06. The lowest BCUT2D eigenvalue weighted by atomic mass is 10.4. The molecule has 0 radical (unpaired) electrons. The first-order valence-corrected chi connectivity index (χ1v) is 3.06. The van der Waals surface area contributed by atoms with Gasteiger partial charge in [-0.05, 0) is 13.0 Å². The normalized spacial score (nSPS) is 9.30. The minimum atomic E-state index is -0.0324. The zero-order valence-electron chi connectivity index (χ0n) is 5.87. The average Bonchev–Trinajstić information content (AvgIpc) is 1.88. The van der Waals surface area contributed by atoms with Crippen LogP contribution in [0.3, 0.4) is 0 Å². The summed E-state index contributed by atoms with van der Waals surface area (Å²) in [4.78, 5) is 11.0. The van der Waals surface area contributed by atoms with Crippen LogP contribution in [0.15, 0.2) is 29.6 Å². The van der Waals surface area contributed by atoms with E-state index in [1.165, 1.54) is 16.8 Å². The van der Waals surface area contributed by atoms with Gasteiger partial charge in [0.1, 0.15) is 0 Å². The summed E-state index contributed by atoms with van der Waals surface area (Å²) in [5, 5.41) is 0. The smallest absolute Gasteiger partial charge is 0.254 e. The summed E-state index contributed by atoms with van der Waals surface area (Å²) in [5.41, 5.74) is 0.873. The van der Waals surface area contributed by atoms with Crippen molar-refractivity contribution in [1.82, 2.24) is 4.57 Å². The Kier molecular flexibility index (Phi) is 1.71. The van der Waals surface area contributed by atoms with Gasteiger partial charge in [-0.25, -0.2) is 0 Å². The fraction of sp³-hybridized carbons (Fsp3) is 0.125. The predicted molar refractivity (Wildman–Crippen MR) is 41.8 cm³/mol. The molecule has 0 bridgehead atoms. The summed E-state index contributed by atoms with van der Waals surface area (Å²) in [6.45, 7) is 5.38. The molecule has 0 unspecified atom stereocenters. The van der Waals surface area contributed by atoms with Crippen molar-refractivity contribution in [2.75, 3.05) is 0 Å². The maximum absolute atomic E-state index is 11.0. The minimum absolute atomic E-state index is 0.0324. The van der Waals surface area contributed by atoms with Gasteiger partial charge in [0.05, 0.1) is 0 Å². The highest BCUT2D eigenvalue weighted by Gasteiger charge is 1.90. The Morgan fingerprint density at radius 1 is 1.60 bits per heavy atom. The lowest BCUT2D eigenvalue weighted by Gasteiger charge is -1.99. The van der Waals surface area contributed by atoms with E-state index in [2.05, 4.69) is 6.58 Å². The highest BCUT2D eigenvalue weighted by molar-refractivity contribution is 5.22. The molecule has 0 aliphatic heterocycles. The summed E-state index contributed by atoms with van der Waals surface area (Å²) in [5.74, 6) is 0. The van der Waals surface area contributed by atoms with Crippen LogP contribution in [0.2, 0.25) is 0 Å². The SMILES string of the molecule is C=Cn1c(C)cccc1=O. The third-order valence-electron chi connectivity index (χ3n) is 1.38. The molecule has 2 heteroatoms. The molecule has 0 atom stereocenters. The molecule has 10 heavy (non-hydrogen) atoms. The molecule has 0 spiro atoms. The van der Waals surface area contributed by atoms with Crippen LogP contribution in [0.5, 0.6) is 0 Å². The van der Waals surface area contributed by atoms with Crippen LogP contribution >= 0.6 is 0 Å². The Morgan fingerprint density at radius 3 is 2.70 bits per heavy atom. The molecule has 0 aromatic carbocycles. The van der Waals surface area contributed by atoms with Crippen molar-refractivity contribution in [3.8, 4) is 0 Å². The van der Waals surface area contributed by atoms with Gasteiger partial charge < -0.3 is 0 Å². The molecule has 52 valence electrons. The van der Waals surface area contributed by atoms with Gasteiger partial charge in [-0.3, -0.25) is 9.36 Å². The second-order valence-corrected chi connectivity index (χ2v) is 2.06. The minimum Gasteiger partial charge on any atom is -0.289 e. The van der Waals surface area contributed by atoms with E-state index >= 15 is 0 Å². The highest BCUT2D eigenvalue weighted by Crippen LogP contribution is 1.91. The molecule has 1 aromatic heterocycles. The maximum atomic E-state index is 11.0. The fourth-order valence-electron chi connectivity index (χ4n) is 0.838. The van der Waals surface area contributed by atoms with Crippen molar-refractivity contribution >= 4 is 6.20 Å². The van der Waals surface area contributed by atoms with Crippen LogP contribution in [-0.2, 0) is 0 Å². The van der Waals surface area contributed by atoms with E-state index in [0.717, 1.165) is 5.69 Å². The third kappa shape index (κ3) is 1.00. The molecular formula is C8H9NO. The van der Waals surface area contributed by atoms with Crippen LogP contribution in [0.1, 0.15) is 5.69 Å². The van der Waals surface area contributed by atoms with E-state index in [1.807, 2.05) is 13.0 Å². The zero-order valence-corrected chi connectivity index (χ0v) is 5.87.